The molecule has 2 aromatic heterocycles. The maximum absolute atomic E-state index is 8.76. The third-order valence-corrected chi connectivity index (χ3v) is 4.91. The van der Waals surface area contributed by atoms with Gasteiger partial charge in [-0.25, -0.2) is 0 Å². The Hall–Kier alpha value is -3.79. The average molecular weight is 628 g/mol. The van der Waals surface area contributed by atoms with Crippen LogP contribution in [0.1, 0.15) is 0 Å². The lowest BCUT2D eigenvalue weighted by Crippen LogP contribution is -2.10. The van der Waals surface area contributed by atoms with Crippen molar-refractivity contribution >= 4 is 64.0 Å². The summed E-state index contributed by atoms with van der Waals surface area (Å²) in [5.41, 5.74) is 6.37. The summed E-state index contributed by atoms with van der Waals surface area (Å²) in [7, 11) is 3.21. The Balaban J connectivity index is 0.000000256. The molecule has 17 heteroatoms. The Labute approximate surface area is 251 Å². The maximum Gasteiger partial charge on any atom is 0.233 e. The van der Waals surface area contributed by atoms with Crippen molar-refractivity contribution in [2.75, 3.05) is 56.5 Å². The molecule has 0 aliphatic heterocycles. The first-order valence-corrected chi connectivity index (χ1v) is 12.9. The highest BCUT2D eigenvalue weighted by molar-refractivity contribution is 6.31. The summed E-state index contributed by atoms with van der Waals surface area (Å²) in [4.78, 5) is 23.4. The van der Waals surface area contributed by atoms with Crippen LogP contribution < -0.4 is 31.2 Å². The van der Waals surface area contributed by atoms with Gasteiger partial charge in [0.25, 0.3) is 0 Å². The van der Waals surface area contributed by atoms with E-state index in [4.69, 9.17) is 60.2 Å². The highest BCUT2D eigenvalue weighted by Crippen LogP contribution is 2.20. The van der Waals surface area contributed by atoms with E-state index in [1.165, 1.54) is 0 Å². The number of anilines is 5. The van der Waals surface area contributed by atoms with E-state index >= 15 is 0 Å². The average Bonchev–Trinajstić information content (AvgIpc) is 2.96. The fourth-order valence-electron chi connectivity index (χ4n) is 2.64. The Morgan fingerprint density at radius 2 is 1.02 bits per heavy atom. The number of nitrogens with two attached hydrogens (primary N) is 1. The van der Waals surface area contributed by atoms with Crippen LogP contribution in [0.4, 0.5) is 29.2 Å². The zero-order valence-corrected chi connectivity index (χ0v) is 24.3. The van der Waals surface area contributed by atoms with E-state index in [2.05, 4.69) is 45.9 Å². The molecule has 41 heavy (non-hydrogen) atoms. The number of aliphatic hydroxyl groups excluding tert-OH is 2. The zero-order valence-electron chi connectivity index (χ0n) is 22.1. The largest absolute Gasteiger partial charge is 0.497 e. The summed E-state index contributed by atoms with van der Waals surface area (Å²) in [5, 5.41) is 25.4. The smallest absolute Gasteiger partial charge is 0.233 e. The third-order valence-electron chi connectivity index (χ3n) is 4.41. The maximum atomic E-state index is 8.76. The SMILES string of the molecule is COc1ccc(Nc2nc(Cl)nc(Cl)n2)cc1.COc1ccc(Nc2nc(Cl)nc(NCCO)n2)cc1.NCCO. The van der Waals surface area contributed by atoms with E-state index in [1.54, 1.807) is 14.2 Å². The summed E-state index contributed by atoms with van der Waals surface area (Å²) >= 11 is 17.1. The van der Waals surface area contributed by atoms with Gasteiger partial charge in [-0.1, -0.05) is 0 Å². The van der Waals surface area contributed by atoms with Crippen LogP contribution in [-0.2, 0) is 0 Å². The molecule has 0 amide bonds. The second kappa shape index (κ2) is 18.5. The minimum absolute atomic E-state index is 0.0233. The molecule has 0 radical (unpaired) electrons. The van der Waals surface area contributed by atoms with Gasteiger partial charge in [0, 0.05) is 24.5 Å². The van der Waals surface area contributed by atoms with Gasteiger partial charge >= 0.3 is 0 Å². The van der Waals surface area contributed by atoms with Gasteiger partial charge in [-0.2, -0.15) is 29.9 Å². The molecular formula is C24H29Cl3N10O4. The number of aromatic nitrogens is 6. The minimum atomic E-state index is -0.0233. The molecule has 220 valence electrons. The number of hydrogen-bond donors (Lipinski definition) is 6. The monoisotopic (exact) mass is 626 g/mol. The van der Waals surface area contributed by atoms with E-state index in [0.29, 0.717) is 30.9 Å². The van der Waals surface area contributed by atoms with Crippen LogP contribution in [0, 0.1) is 0 Å². The quantitative estimate of drug-likeness (QED) is 0.149. The van der Waals surface area contributed by atoms with E-state index in [0.717, 1.165) is 22.9 Å². The number of benzene rings is 2. The molecule has 0 aliphatic carbocycles. The molecule has 0 bridgehead atoms. The number of methoxy groups -OCH3 is 2. The molecule has 0 aliphatic rings. The van der Waals surface area contributed by atoms with Crippen molar-refractivity contribution in [1.82, 2.24) is 29.9 Å². The summed E-state index contributed by atoms with van der Waals surface area (Å²) in [5.74, 6) is 2.43. The Kier molecular flexibility index (Phi) is 15.1. The van der Waals surface area contributed by atoms with Gasteiger partial charge in [0.15, 0.2) is 0 Å². The lowest BCUT2D eigenvalue weighted by atomic mass is 10.3. The predicted octanol–water partition coefficient (Wildman–Crippen LogP) is 3.55. The number of nitrogens with one attached hydrogen (secondary N) is 3. The zero-order chi connectivity index (χ0) is 30.0. The Morgan fingerprint density at radius 3 is 1.41 bits per heavy atom. The number of halogens is 3. The fourth-order valence-corrected chi connectivity index (χ4v) is 3.17. The normalized spacial score (nSPS) is 9.85. The minimum Gasteiger partial charge on any atom is -0.497 e. The topological polar surface area (TPSA) is 198 Å². The molecule has 7 N–H and O–H groups in total. The summed E-state index contributed by atoms with van der Waals surface area (Å²) < 4.78 is 10.1. The van der Waals surface area contributed by atoms with Gasteiger partial charge < -0.3 is 41.4 Å². The molecule has 0 spiro atoms. The first-order valence-electron chi connectivity index (χ1n) is 11.8. The van der Waals surface area contributed by atoms with E-state index in [-0.39, 0.29) is 29.1 Å². The summed E-state index contributed by atoms with van der Waals surface area (Å²) in [6.07, 6.45) is 0. The molecule has 14 nitrogen and oxygen atoms in total. The van der Waals surface area contributed by atoms with Crippen LogP contribution in [0.5, 0.6) is 11.5 Å². The number of ether oxygens (including phenoxy) is 2. The van der Waals surface area contributed by atoms with Gasteiger partial charge in [0.2, 0.25) is 33.7 Å². The van der Waals surface area contributed by atoms with Gasteiger partial charge in [-0.3, -0.25) is 0 Å². The van der Waals surface area contributed by atoms with E-state index in [9.17, 15) is 0 Å². The summed E-state index contributed by atoms with van der Waals surface area (Å²) in [6, 6.07) is 14.6. The molecule has 0 unspecified atom stereocenters. The van der Waals surface area contributed by atoms with Crippen molar-refractivity contribution in [3.8, 4) is 11.5 Å². The molecule has 0 fully saturated rings. The van der Waals surface area contributed by atoms with Crippen molar-refractivity contribution in [1.29, 1.82) is 0 Å². The Bertz CT molecular complexity index is 1300. The predicted molar refractivity (Wildman–Crippen MR) is 159 cm³/mol. The van der Waals surface area contributed by atoms with Gasteiger partial charge in [-0.15, -0.1) is 0 Å². The number of hydrogen-bond acceptors (Lipinski definition) is 14. The molecule has 2 heterocycles. The summed E-state index contributed by atoms with van der Waals surface area (Å²) in [6.45, 7) is 0.785. The van der Waals surface area contributed by atoms with Gasteiger partial charge in [0.05, 0.1) is 27.4 Å². The van der Waals surface area contributed by atoms with Crippen LogP contribution >= 0.6 is 34.8 Å². The first kappa shape index (κ1) is 33.4. The standard InChI is InChI=1S/C12H14ClN5O2.C10H8Cl2N4O.C2H7NO/c1-20-9-4-2-8(3-5-9)15-12-17-10(13)16-11(18-12)14-6-7-19;1-17-7-4-2-6(3-5-7)13-10-15-8(11)14-9(12)16-10;3-1-2-4/h2-5,19H,6-7H2,1H3,(H2,14,15,16,17,18);2-5H,1H3,(H,13,14,15,16);4H,1-3H2. The number of rotatable bonds is 10. The van der Waals surface area contributed by atoms with Crippen LogP contribution in [0.15, 0.2) is 48.5 Å². The second-order valence-electron chi connectivity index (χ2n) is 7.32. The van der Waals surface area contributed by atoms with E-state index in [1.807, 2.05) is 48.5 Å². The number of aliphatic hydroxyl groups is 2. The van der Waals surface area contributed by atoms with Crippen LogP contribution in [0.25, 0.3) is 0 Å². The van der Waals surface area contributed by atoms with E-state index < -0.39 is 0 Å². The van der Waals surface area contributed by atoms with Crippen molar-refractivity contribution in [2.24, 2.45) is 5.73 Å². The van der Waals surface area contributed by atoms with Crippen molar-refractivity contribution in [3.63, 3.8) is 0 Å². The molecule has 0 atom stereocenters. The van der Waals surface area contributed by atoms with Crippen molar-refractivity contribution in [2.45, 2.75) is 0 Å². The highest BCUT2D eigenvalue weighted by atomic mass is 35.5. The molecule has 2 aromatic carbocycles. The second-order valence-corrected chi connectivity index (χ2v) is 8.33. The van der Waals surface area contributed by atoms with Gasteiger partial charge in [0.1, 0.15) is 11.5 Å². The molecule has 0 saturated carbocycles. The lowest BCUT2D eigenvalue weighted by Gasteiger charge is -2.08. The lowest BCUT2D eigenvalue weighted by molar-refractivity contribution is 0.306. The highest BCUT2D eigenvalue weighted by Gasteiger charge is 2.06. The van der Waals surface area contributed by atoms with Crippen LogP contribution in [0.3, 0.4) is 0 Å². The Morgan fingerprint density at radius 1 is 0.634 bits per heavy atom. The molecular weight excluding hydrogens is 599 g/mol. The van der Waals surface area contributed by atoms with Crippen molar-refractivity contribution < 1.29 is 19.7 Å². The van der Waals surface area contributed by atoms with Crippen LogP contribution in [-0.4, -0.2) is 80.6 Å². The first-order chi connectivity index (χ1) is 19.8. The van der Waals surface area contributed by atoms with Crippen molar-refractivity contribution in [3.05, 3.63) is 64.4 Å². The molecule has 0 saturated heterocycles. The van der Waals surface area contributed by atoms with Crippen LogP contribution in [0.2, 0.25) is 15.9 Å². The molecule has 4 rings (SSSR count). The van der Waals surface area contributed by atoms with Gasteiger partial charge in [-0.05, 0) is 83.3 Å². The molecule has 4 aromatic rings. The fraction of sp³-hybridized carbons (Fsp3) is 0.250. The third kappa shape index (κ3) is 12.9. The number of nitrogens with zero attached hydrogens (tertiary/aromatic N) is 6.